The lowest BCUT2D eigenvalue weighted by atomic mass is 10.2. The zero-order chi connectivity index (χ0) is 19.9. The highest BCUT2D eigenvalue weighted by Gasteiger charge is 2.14. The number of hydrazone groups is 1. The van der Waals surface area contributed by atoms with E-state index in [1.54, 1.807) is 12.1 Å². The molecular formula is C19H14IN3O5. The number of hydrogen-bond acceptors (Lipinski definition) is 6. The number of nitrogens with one attached hydrogen (secondary N) is 1. The fraction of sp³-hybridized carbons (Fsp3) is 0.0526. The highest BCUT2D eigenvalue weighted by Crippen LogP contribution is 2.25. The molecular weight excluding hydrogens is 477 g/mol. The standard InChI is InChI=1S/C19H14IN3O5/c20-14-7-5-13(6-8-14)17-10-9-15(28-17)11-21-22-19(24)12-27-18-4-2-1-3-16(18)23(25)26/h1-11H,12H2,(H,22,24). The average molecular weight is 491 g/mol. The number of benzene rings is 2. The number of ether oxygens (including phenoxy) is 1. The van der Waals surface area contributed by atoms with Crippen molar-refractivity contribution in [3.05, 3.63) is 80.1 Å². The second-order valence-electron chi connectivity index (χ2n) is 5.52. The lowest BCUT2D eigenvalue weighted by molar-refractivity contribution is -0.385. The maximum absolute atomic E-state index is 11.8. The van der Waals surface area contributed by atoms with Crippen molar-refractivity contribution in [2.45, 2.75) is 0 Å². The molecule has 0 bridgehead atoms. The van der Waals surface area contributed by atoms with Crippen LogP contribution in [0.2, 0.25) is 0 Å². The molecule has 0 aliphatic heterocycles. The van der Waals surface area contributed by atoms with Crippen LogP contribution >= 0.6 is 22.6 Å². The maximum atomic E-state index is 11.8. The van der Waals surface area contributed by atoms with Crippen LogP contribution in [0.25, 0.3) is 11.3 Å². The molecule has 3 aromatic rings. The first-order valence-corrected chi connectivity index (χ1v) is 9.15. The average Bonchev–Trinajstić information content (AvgIpc) is 3.16. The van der Waals surface area contributed by atoms with Crippen LogP contribution in [0, 0.1) is 13.7 Å². The highest BCUT2D eigenvalue weighted by molar-refractivity contribution is 14.1. The highest BCUT2D eigenvalue weighted by atomic mass is 127. The normalized spacial score (nSPS) is 10.8. The summed E-state index contributed by atoms with van der Waals surface area (Å²) in [5.74, 6) is 0.607. The Bertz CT molecular complexity index is 1010. The zero-order valence-electron chi connectivity index (χ0n) is 14.4. The van der Waals surface area contributed by atoms with Crippen LogP contribution in [0.1, 0.15) is 5.76 Å². The van der Waals surface area contributed by atoms with Gasteiger partial charge in [0.25, 0.3) is 5.91 Å². The fourth-order valence-electron chi connectivity index (χ4n) is 2.27. The summed E-state index contributed by atoms with van der Waals surface area (Å²) in [6, 6.07) is 17.2. The fourth-order valence-corrected chi connectivity index (χ4v) is 2.62. The van der Waals surface area contributed by atoms with Gasteiger partial charge in [0, 0.05) is 15.2 Å². The molecule has 1 aromatic heterocycles. The number of nitro groups is 1. The monoisotopic (exact) mass is 491 g/mol. The summed E-state index contributed by atoms with van der Waals surface area (Å²) in [7, 11) is 0. The van der Waals surface area contributed by atoms with Crippen molar-refractivity contribution >= 4 is 40.4 Å². The number of furan rings is 1. The number of amides is 1. The third-order valence-corrected chi connectivity index (χ3v) is 4.28. The topological polar surface area (TPSA) is 107 Å². The summed E-state index contributed by atoms with van der Waals surface area (Å²) >= 11 is 2.23. The number of hydrogen-bond donors (Lipinski definition) is 1. The summed E-state index contributed by atoms with van der Waals surface area (Å²) < 4.78 is 12.0. The third-order valence-electron chi connectivity index (χ3n) is 3.56. The predicted molar refractivity (Wildman–Crippen MR) is 111 cm³/mol. The molecule has 8 nitrogen and oxygen atoms in total. The number of nitro benzene ring substituents is 1. The molecule has 0 saturated carbocycles. The van der Waals surface area contributed by atoms with Crippen molar-refractivity contribution in [1.29, 1.82) is 0 Å². The van der Waals surface area contributed by atoms with Gasteiger partial charge in [0.15, 0.2) is 12.4 Å². The molecule has 9 heteroatoms. The van der Waals surface area contributed by atoms with E-state index in [2.05, 4.69) is 33.1 Å². The lowest BCUT2D eigenvalue weighted by Crippen LogP contribution is -2.24. The molecule has 3 rings (SSSR count). The Morgan fingerprint density at radius 3 is 2.68 bits per heavy atom. The molecule has 0 atom stereocenters. The van der Waals surface area contributed by atoms with Gasteiger partial charge in [-0.15, -0.1) is 0 Å². The van der Waals surface area contributed by atoms with Crippen LogP contribution in [0.5, 0.6) is 5.75 Å². The van der Waals surface area contributed by atoms with Gasteiger partial charge in [0.2, 0.25) is 0 Å². The van der Waals surface area contributed by atoms with Crippen LogP contribution < -0.4 is 10.2 Å². The number of para-hydroxylation sites is 2. The molecule has 0 unspecified atom stereocenters. The largest absolute Gasteiger partial charge is 0.477 e. The van der Waals surface area contributed by atoms with Crippen LogP contribution in [0.15, 0.2) is 70.2 Å². The van der Waals surface area contributed by atoms with Gasteiger partial charge in [-0.3, -0.25) is 14.9 Å². The maximum Gasteiger partial charge on any atom is 0.310 e. The summed E-state index contributed by atoms with van der Waals surface area (Å²) in [4.78, 5) is 22.1. The Morgan fingerprint density at radius 2 is 1.93 bits per heavy atom. The molecule has 1 amide bonds. The van der Waals surface area contributed by atoms with Gasteiger partial charge in [-0.2, -0.15) is 5.10 Å². The Balaban J connectivity index is 1.53. The summed E-state index contributed by atoms with van der Waals surface area (Å²) in [5, 5.41) is 14.7. The SMILES string of the molecule is O=C(COc1ccccc1[N+](=O)[O-])NN=Cc1ccc(-c2ccc(I)cc2)o1. The molecule has 1 N–H and O–H groups in total. The van der Waals surface area contributed by atoms with Crippen molar-refractivity contribution in [3.8, 4) is 17.1 Å². The van der Waals surface area contributed by atoms with E-state index in [4.69, 9.17) is 9.15 Å². The van der Waals surface area contributed by atoms with Crippen molar-refractivity contribution in [3.63, 3.8) is 0 Å². The first-order chi connectivity index (χ1) is 13.5. The Labute approximate surface area is 173 Å². The van der Waals surface area contributed by atoms with Crippen molar-refractivity contribution in [2.75, 3.05) is 6.61 Å². The van der Waals surface area contributed by atoms with Crippen LogP contribution in [-0.4, -0.2) is 23.7 Å². The van der Waals surface area contributed by atoms with E-state index in [1.165, 1.54) is 24.4 Å². The summed E-state index contributed by atoms with van der Waals surface area (Å²) in [6.07, 6.45) is 1.36. The van der Waals surface area contributed by atoms with Crippen LogP contribution in [0.3, 0.4) is 0 Å². The Kier molecular flexibility index (Phi) is 6.37. The lowest BCUT2D eigenvalue weighted by Gasteiger charge is -2.05. The Hall–Kier alpha value is -3.21. The van der Waals surface area contributed by atoms with Crippen molar-refractivity contribution < 1.29 is 18.9 Å². The molecule has 142 valence electrons. The number of rotatable bonds is 7. The van der Waals surface area contributed by atoms with E-state index in [0.717, 1.165) is 9.13 Å². The third kappa shape index (κ3) is 5.16. The minimum absolute atomic E-state index is 0.0137. The molecule has 0 aliphatic carbocycles. The van der Waals surface area contributed by atoms with Gasteiger partial charge in [-0.25, -0.2) is 5.43 Å². The number of carbonyl (C=O) groups excluding carboxylic acids is 1. The quantitative estimate of drug-likeness (QED) is 0.233. The first kappa shape index (κ1) is 19.5. The van der Waals surface area contributed by atoms with E-state index in [1.807, 2.05) is 30.3 Å². The van der Waals surface area contributed by atoms with Crippen molar-refractivity contribution in [2.24, 2.45) is 5.10 Å². The molecule has 1 heterocycles. The molecule has 0 aliphatic rings. The molecule has 0 fully saturated rings. The van der Waals surface area contributed by atoms with E-state index < -0.39 is 17.4 Å². The predicted octanol–water partition coefficient (Wildman–Crippen LogP) is 3.99. The summed E-state index contributed by atoms with van der Waals surface area (Å²) in [5.41, 5.74) is 3.00. The zero-order valence-corrected chi connectivity index (χ0v) is 16.5. The second-order valence-corrected chi connectivity index (χ2v) is 6.76. The molecule has 0 saturated heterocycles. The summed E-state index contributed by atoms with van der Waals surface area (Å²) in [6.45, 7) is -0.408. The van der Waals surface area contributed by atoms with Crippen LogP contribution in [-0.2, 0) is 4.79 Å². The van der Waals surface area contributed by atoms with E-state index in [-0.39, 0.29) is 11.4 Å². The van der Waals surface area contributed by atoms with Gasteiger partial charge in [0.05, 0.1) is 11.1 Å². The first-order valence-electron chi connectivity index (χ1n) is 8.07. The smallest absolute Gasteiger partial charge is 0.310 e. The minimum atomic E-state index is -0.576. The second kappa shape index (κ2) is 9.13. The van der Waals surface area contributed by atoms with Gasteiger partial charge in [-0.1, -0.05) is 24.3 Å². The number of halogens is 1. The number of carbonyl (C=O) groups is 1. The molecule has 2 aromatic carbocycles. The van der Waals surface area contributed by atoms with Crippen LogP contribution in [0.4, 0.5) is 5.69 Å². The van der Waals surface area contributed by atoms with E-state index >= 15 is 0 Å². The molecule has 0 radical (unpaired) electrons. The van der Waals surface area contributed by atoms with Gasteiger partial charge >= 0.3 is 5.69 Å². The molecule has 28 heavy (non-hydrogen) atoms. The molecule has 0 spiro atoms. The Morgan fingerprint density at radius 1 is 1.18 bits per heavy atom. The van der Waals surface area contributed by atoms with Gasteiger partial charge < -0.3 is 9.15 Å². The van der Waals surface area contributed by atoms with Gasteiger partial charge in [0.1, 0.15) is 11.5 Å². The van der Waals surface area contributed by atoms with Crippen molar-refractivity contribution in [1.82, 2.24) is 5.43 Å². The van der Waals surface area contributed by atoms with E-state index in [0.29, 0.717) is 11.5 Å². The number of nitrogens with zero attached hydrogens (tertiary/aromatic N) is 2. The van der Waals surface area contributed by atoms with Gasteiger partial charge in [-0.05, 0) is 52.9 Å². The van der Waals surface area contributed by atoms with E-state index in [9.17, 15) is 14.9 Å². The minimum Gasteiger partial charge on any atom is -0.477 e.